The van der Waals surface area contributed by atoms with Crippen molar-refractivity contribution < 1.29 is 0 Å². The van der Waals surface area contributed by atoms with E-state index in [4.69, 9.17) is 0 Å². The lowest BCUT2D eigenvalue weighted by Crippen LogP contribution is -1.79. The van der Waals surface area contributed by atoms with Gasteiger partial charge in [0.05, 0.1) is 0 Å². The van der Waals surface area contributed by atoms with Crippen LogP contribution in [0.25, 0.3) is 0 Å². The highest BCUT2D eigenvalue weighted by Gasteiger charge is 1.89. The maximum atomic E-state index is 2.28. The van der Waals surface area contributed by atoms with E-state index in [0.29, 0.717) is 0 Å². The molecule has 0 saturated carbocycles. The Morgan fingerprint density at radius 3 is 1.67 bits per heavy atom. The molecule has 1 heteroatoms. The summed E-state index contributed by atoms with van der Waals surface area (Å²) in [7, 11) is 0. The molecule has 18 heavy (non-hydrogen) atoms. The topological polar surface area (TPSA) is 0 Å². The zero-order chi connectivity index (χ0) is 13.5. The molecule has 1 aromatic rings. The van der Waals surface area contributed by atoms with E-state index in [2.05, 4.69) is 26.0 Å². The Hall–Kier alpha value is -0.248. The Bertz CT molecular complexity index is 235. The molecule has 1 aromatic carbocycles. The lowest BCUT2D eigenvalue weighted by Gasteiger charge is -1.99. The van der Waals surface area contributed by atoms with E-state index in [-0.39, 0.29) is 0 Å². The van der Waals surface area contributed by atoms with Gasteiger partial charge >= 0.3 is 0 Å². The summed E-state index contributed by atoms with van der Waals surface area (Å²) in [5, 5.41) is 1.51. The van der Waals surface area contributed by atoms with E-state index in [1.165, 1.54) is 78.5 Å². The Balaban J connectivity index is 0.000000351. The van der Waals surface area contributed by atoms with Crippen molar-refractivity contribution in [2.75, 3.05) is 0 Å². The number of unbranched alkanes of at least 4 members (excludes halogenated alkanes) is 7. The molecule has 0 aliphatic rings. The van der Waals surface area contributed by atoms with Crippen LogP contribution in [0, 0.1) is 6.92 Å². The van der Waals surface area contributed by atoms with Crippen LogP contribution in [0.3, 0.4) is 0 Å². The van der Waals surface area contributed by atoms with Crippen LogP contribution in [0.1, 0.15) is 63.9 Å². The Labute approximate surface area is 123 Å². The van der Waals surface area contributed by atoms with Gasteiger partial charge in [-0.1, -0.05) is 94.2 Å². The average Bonchev–Trinajstić information content (AvgIpc) is 2.39. The maximum absolute atomic E-state index is 2.28. The molecule has 0 saturated heterocycles. The van der Waals surface area contributed by atoms with E-state index in [1.807, 2.05) is 18.2 Å². The molecular weight excluding hydrogens is 231 g/mol. The van der Waals surface area contributed by atoms with Crippen LogP contribution in [-0.2, 0) is 0 Å². The van der Waals surface area contributed by atoms with Crippen molar-refractivity contribution in [3.63, 3.8) is 0 Å². The van der Waals surface area contributed by atoms with Crippen molar-refractivity contribution in [1.29, 1.82) is 0 Å². The summed E-state index contributed by atoms with van der Waals surface area (Å²) in [5.74, 6) is 0. The van der Waals surface area contributed by atoms with Crippen molar-refractivity contribution in [3.8, 4) is 0 Å². The zero-order valence-corrected chi connectivity index (χ0v) is 14.8. The van der Waals surface area contributed by atoms with Gasteiger partial charge in [-0.05, 0) is 6.92 Å². The highest BCUT2D eigenvalue weighted by atomic mass is 27.0. The molecule has 0 aliphatic heterocycles. The fourth-order valence-corrected chi connectivity index (χ4v) is 2.42. The Kier molecular flexibility index (Phi) is 14.6. The molecule has 0 radical (unpaired) electrons. The highest BCUT2D eigenvalue weighted by molar-refractivity contribution is 6.08. The predicted molar refractivity (Wildman–Crippen MR) is 87.1 cm³/mol. The number of hydrogen-bond acceptors (Lipinski definition) is 0. The normalized spacial score (nSPS) is 9.67. The summed E-state index contributed by atoms with van der Waals surface area (Å²) in [6.07, 6.45) is 11.7. The fraction of sp³-hybridized carbons (Fsp3) is 0.647. The monoisotopic (exact) mass is 262 g/mol. The SMILES string of the molecule is CCCCCCCCC[CH2][AlH2].Cc1ccccc1. The second kappa shape index (κ2) is 14.8. The first kappa shape index (κ1) is 17.8. The minimum absolute atomic E-state index is 1.32. The fourth-order valence-electron chi connectivity index (χ4n) is 1.92. The van der Waals surface area contributed by atoms with Crippen LogP contribution in [0.4, 0.5) is 0 Å². The van der Waals surface area contributed by atoms with Gasteiger partial charge < -0.3 is 0 Å². The van der Waals surface area contributed by atoms with Crippen molar-refractivity contribution in [2.24, 2.45) is 0 Å². The maximum Gasteiger partial charge on any atom is 0.211 e. The van der Waals surface area contributed by atoms with E-state index in [9.17, 15) is 0 Å². The Morgan fingerprint density at radius 1 is 0.778 bits per heavy atom. The molecule has 0 nitrogen and oxygen atoms in total. The minimum Gasteiger partial charge on any atom is -0.101 e. The molecule has 0 bridgehead atoms. The summed E-state index contributed by atoms with van der Waals surface area (Å²) in [5.41, 5.74) is 1.32. The van der Waals surface area contributed by atoms with Crippen molar-refractivity contribution >= 4 is 16.3 Å². The third kappa shape index (κ3) is 13.8. The average molecular weight is 262 g/mol. The van der Waals surface area contributed by atoms with Gasteiger partial charge in [0.25, 0.3) is 0 Å². The van der Waals surface area contributed by atoms with Crippen LogP contribution in [0.15, 0.2) is 30.3 Å². The number of aryl methyl sites for hydroxylation is 1. The van der Waals surface area contributed by atoms with Crippen LogP contribution < -0.4 is 0 Å². The lowest BCUT2D eigenvalue weighted by molar-refractivity contribution is 0.585. The molecule has 0 aliphatic carbocycles. The number of rotatable bonds is 8. The number of hydrogen-bond donors (Lipinski definition) is 0. The van der Waals surface area contributed by atoms with Crippen molar-refractivity contribution in [3.05, 3.63) is 35.9 Å². The van der Waals surface area contributed by atoms with Gasteiger partial charge in [0.15, 0.2) is 0 Å². The van der Waals surface area contributed by atoms with Crippen LogP contribution >= 0.6 is 0 Å². The molecule has 0 spiro atoms. The zero-order valence-electron chi connectivity index (χ0n) is 12.8. The molecule has 0 N–H and O–H groups in total. The Morgan fingerprint density at radius 2 is 1.28 bits per heavy atom. The second-order valence-corrected chi connectivity index (χ2v) is 6.13. The molecule has 0 fully saturated rings. The molecule has 0 heterocycles. The van der Waals surface area contributed by atoms with Crippen LogP contribution in [0.2, 0.25) is 5.28 Å². The quantitative estimate of drug-likeness (QED) is 0.447. The van der Waals surface area contributed by atoms with Crippen LogP contribution in [0.5, 0.6) is 0 Å². The molecule has 0 unspecified atom stereocenters. The summed E-state index contributed by atoms with van der Waals surface area (Å²) in [6, 6.07) is 10.3. The first-order valence-corrected chi connectivity index (χ1v) is 9.24. The van der Waals surface area contributed by atoms with Gasteiger partial charge in [-0.3, -0.25) is 0 Å². The first-order valence-electron chi connectivity index (χ1n) is 7.82. The smallest absolute Gasteiger partial charge is 0.101 e. The van der Waals surface area contributed by atoms with Crippen molar-refractivity contribution in [1.82, 2.24) is 0 Å². The first-order chi connectivity index (χ1) is 8.81. The van der Waals surface area contributed by atoms with Gasteiger partial charge in [-0.25, -0.2) is 0 Å². The van der Waals surface area contributed by atoms with E-state index in [0.717, 1.165) is 0 Å². The molecule has 0 amide bonds. The van der Waals surface area contributed by atoms with Gasteiger partial charge in [0, 0.05) is 0 Å². The van der Waals surface area contributed by atoms with Gasteiger partial charge in [0.2, 0.25) is 16.3 Å². The van der Waals surface area contributed by atoms with Crippen molar-refractivity contribution in [2.45, 2.75) is 70.5 Å². The lowest BCUT2D eigenvalue weighted by atomic mass is 10.1. The highest BCUT2D eigenvalue weighted by Crippen LogP contribution is 2.08. The molecule has 0 atom stereocenters. The molecule has 0 aromatic heterocycles. The van der Waals surface area contributed by atoms with Crippen LogP contribution in [-0.4, -0.2) is 16.3 Å². The molecule has 1 rings (SSSR count). The van der Waals surface area contributed by atoms with E-state index >= 15 is 0 Å². The van der Waals surface area contributed by atoms with E-state index in [1.54, 1.807) is 0 Å². The third-order valence-corrected chi connectivity index (χ3v) is 3.85. The largest absolute Gasteiger partial charge is 0.211 e. The van der Waals surface area contributed by atoms with Gasteiger partial charge in [-0.2, -0.15) is 0 Å². The third-order valence-electron chi connectivity index (χ3n) is 3.15. The standard InChI is InChI=1S/C10H21.C7H8.Al.2H/c1-3-5-7-9-10-8-6-4-2;1-7-5-3-2-4-6-7;;;/h1,3-10H2,2H3;2-6H,1H3;;;. The second-order valence-electron chi connectivity index (χ2n) is 5.13. The minimum atomic E-state index is 1.32. The summed E-state index contributed by atoms with van der Waals surface area (Å²) in [6.45, 7) is 4.36. The predicted octanol–water partition coefficient (Wildman–Crippen LogP) is 5.17. The molecular formula is C17H31Al. The van der Waals surface area contributed by atoms with E-state index < -0.39 is 0 Å². The summed E-state index contributed by atoms with van der Waals surface area (Å²) < 4.78 is 0. The number of benzene rings is 1. The summed E-state index contributed by atoms with van der Waals surface area (Å²) >= 11 is 1.41. The summed E-state index contributed by atoms with van der Waals surface area (Å²) in [4.78, 5) is 0. The van der Waals surface area contributed by atoms with Gasteiger partial charge in [0.1, 0.15) is 0 Å². The molecule has 102 valence electrons. The van der Waals surface area contributed by atoms with Gasteiger partial charge in [-0.15, -0.1) is 5.28 Å².